The summed E-state index contributed by atoms with van der Waals surface area (Å²) in [6.07, 6.45) is 7.24. The highest BCUT2D eigenvalue weighted by Gasteiger charge is 2.14. The number of carboxylic acid groups (broad SMARTS) is 1. The summed E-state index contributed by atoms with van der Waals surface area (Å²) in [5, 5.41) is 26.3. The Balaban J connectivity index is 1.90. The molecule has 1 fully saturated rings. The number of benzene rings is 1. The number of nitrogens with one attached hydrogen (secondary N) is 2. The van der Waals surface area contributed by atoms with Gasteiger partial charge in [-0.1, -0.05) is 25.3 Å². The molecule has 6 nitrogen and oxygen atoms in total. The van der Waals surface area contributed by atoms with Gasteiger partial charge in [0.2, 0.25) is 0 Å². The van der Waals surface area contributed by atoms with E-state index in [2.05, 4.69) is 15.8 Å². The van der Waals surface area contributed by atoms with Gasteiger partial charge in [-0.15, -0.1) is 0 Å². The van der Waals surface area contributed by atoms with Crippen LogP contribution in [0, 0.1) is 0 Å². The molecule has 7 heteroatoms. The van der Waals surface area contributed by atoms with Crippen LogP contribution < -0.4 is 10.7 Å². The molecule has 0 saturated heterocycles. The monoisotopic (exact) mass is 321 g/mol. The number of aromatic hydroxyl groups is 1. The minimum atomic E-state index is -1.19. The zero-order valence-electron chi connectivity index (χ0n) is 12.1. The molecule has 0 bridgehead atoms. The van der Waals surface area contributed by atoms with Crippen LogP contribution in [0.15, 0.2) is 23.3 Å². The maximum atomic E-state index is 10.9. The largest absolute Gasteiger partial charge is 0.506 e. The molecule has 0 spiro atoms. The van der Waals surface area contributed by atoms with Crippen LogP contribution in [0.1, 0.15) is 48.0 Å². The van der Waals surface area contributed by atoms with E-state index in [9.17, 15) is 9.90 Å². The average molecular weight is 321 g/mol. The van der Waals surface area contributed by atoms with E-state index in [-0.39, 0.29) is 11.3 Å². The van der Waals surface area contributed by atoms with Crippen molar-refractivity contribution in [1.29, 1.82) is 0 Å². The lowest BCUT2D eigenvalue weighted by Gasteiger charge is -2.23. The third kappa shape index (κ3) is 4.42. The summed E-state index contributed by atoms with van der Waals surface area (Å²) in [6, 6.07) is 4.83. The number of phenols is 1. The molecule has 1 aliphatic rings. The molecule has 0 aliphatic heterocycles. The molecule has 1 aliphatic carbocycles. The zero-order chi connectivity index (χ0) is 15.9. The fraction of sp³-hybridized carbons (Fsp3) is 0.400. The molecule has 22 heavy (non-hydrogen) atoms. The Morgan fingerprint density at radius 2 is 2.05 bits per heavy atom. The van der Waals surface area contributed by atoms with Crippen molar-refractivity contribution in [2.75, 3.05) is 0 Å². The molecule has 0 heterocycles. The number of thiocarbonyl (C=S) groups is 1. The van der Waals surface area contributed by atoms with Crippen molar-refractivity contribution in [1.82, 2.24) is 10.7 Å². The highest BCUT2D eigenvalue weighted by atomic mass is 32.1. The van der Waals surface area contributed by atoms with Gasteiger partial charge in [-0.25, -0.2) is 4.79 Å². The van der Waals surface area contributed by atoms with E-state index in [4.69, 9.17) is 17.3 Å². The van der Waals surface area contributed by atoms with Gasteiger partial charge < -0.3 is 15.5 Å². The molecule has 0 atom stereocenters. The van der Waals surface area contributed by atoms with Crippen LogP contribution in [0.5, 0.6) is 5.75 Å². The summed E-state index contributed by atoms with van der Waals surface area (Å²) in [6.45, 7) is 0. The van der Waals surface area contributed by atoms with Crippen molar-refractivity contribution in [2.24, 2.45) is 5.10 Å². The molecular formula is C15H19N3O3S. The summed E-state index contributed by atoms with van der Waals surface area (Å²) in [4.78, 5) is 10.9. The Labute approximate surface area is 134 Å². The van der Waals surface area contributed by atoms with Crippen molar-refractivity contribution in [3.63, 3.8) is 0 Å². The minimum Gasteiger partial charge on any atom is -0.506 e. The number of hydrogen-bond donors (Lipinski definition) is 4. The summed E-state index contributed by atoms with van der Waals surface area (Å²) in [5.74, 6) is -1.50. The number of hydrazone groups is 1. The Kier molecular flexibility index (Phi) is 5.71. The lowest BCUT2D eigenvalue weighted by molar-refractivity contribution is 0.0693. The number of para-hydroxylation sites is 1. The Morgan fingerprint density at radius 3 is 2.73 bits per heavy atom. The molecule has 2 rings (SSSR count). The second-order valence-electron chi connectivity index (χ2n) is 5.23. The van der Waals surface area contributed by atoms with Crippen molar-refractivity contribution in [3.8, 4) is 5.75 Å². The third-order valence-electron chi connectivity index (χ3n) is 3.61. The van der Waals surface area contributed by atoms with E-state index < -0.39 is 5.97 Å². The average Bonchev–Trinajstić information content (AvgIpc) is 2.49. The lowest BCUT2D eigenvalue weighted by Crippen LogP contribution is -2.40. The molecule has 0 radical (unpaired) electrons. The molecule has 0 amide bonds. The second-order valence-corrected chi connectivity index (χ2v) is 5.64. The smallest absolute Gasteiger partial charge is 0.339 e. The molecule has 1 saturated carbocycles. The maximum absolute atomic E-state index is 10.9. The van der Waals surface area contributed by atoms with E-state index in [0.717, 1.165) is 12.8 Å². The number of nitrogens with zero attached hydrogens (tertiary/aromatic N) is 1. The van der Waals surface area contributed by atoms with Gasteiger partial charge in [0, 0.05) is 11.6 Å². The van der Waals surface area contributed by atoms with Crippen LogP contribution in [0.3, 0.4) is 0 Å². The van der Waals surface area contributed by atoms with Crippen LogP contribution in [-0.2, 0) is 0 Å². The van der Waals surface area contributed by atoms with Gasteiger partial charge in [-0.05, 0) is 37.2 Å². The van der Waals surface area contributed by atoms with Gasteiger partial charge in [0.25, 0.3) is 0 Å². The first-order chi connectivity index (χ1) is 10.6. The summed E-state index contributed by atoms with van der Waals surface area (Å²) in [5.41, 5.74) is 2.84. The summed E-state index contributed by atoms with van der Waals surface area (Å²) < 4.78 is 0. The second kappa shape index (κ2) is 7.74. The predicted octanol–water partition coefficient (Wildman–Crippen LogP) is 2.22. The molecule has 1 aromatic rings. The van der Waals surface area contributed by atoms with Gasteiger partial charge in [-0.3, -0.25) is 5.43 Å². The van der Waals surface area contributed by atoms with Crippen molar-refractivity contribution in [3.05, 3.63) is 29.3 Å². The standard InChI is InChI=1S/C15H19N3O3S/c19-13-10(5-4-8-12(13)14(20)21)9-16-18-15(22)17-11-6-2-1-3-7-11/h4-5,8-9,11,19H,1-3,6-7H2,(H,20,21)(H2,17,18,22)/b16-9+. The third-order valence-corrected chi connectivity index (χ3v) is 3.82. The van der Waals surface area contributed by atoms with E-state index in [1.165, 1.54) is 31.5 Å². The Bertz CT molecular complexity index is 583. The first kappa shape index (κ1) is 16.2. The molecule has 0 aromatic heterocycles. The van der Waals surface area contributed by atoms with Gasteiger partial charge >= 0.3 is 5.97 Å². The van der Waals surface area contributed by atoms with Crippen LogP contribution in [0.2, 0.25) is 0 Å². The highest BCUT2D eigenvalue weighted by molar-refractivity contribution is 7.80. The van der Waals surface area contributed by atoms with Gasteiger partial charge in [-0.2, -0.15) is 5.10 Å². The molecule has 4 N–H and O–H groups in total. The van der Waals surface area contributed by atoms with E-state index in [0.29, 0.717) is 16.7 Å². The zero-order valence-corrected chi connectivity index (χ0v) is 12.9. The first-order valence-electron chi connectivity index (χ1n) is 7.23. The topological polar surface area (TPSA) is 94.0 Å². The molecular weight excluding hydrogens is 302 g/mol. The molecule has 118 valence electrons. The number of aromatic carboxylic acids is 1. The molecule has 0 unspecified atom stereocenters. The van der Waals surface area contributed by atoms with Crippen molar-refractivity contribution < 1.29 is 15.0 Å². The van der Waals surface area contributed by atoms with Crippen molar-refractivity contribution in [2.45, 2.75) is 38.1 Å². The van der Waals surface area contributed by atoms with Crippen LogP contribution >= 0.6 is 12.2 Å². The van der Waals surface area contributed by atoms with Crippen LogP contribution in [-0.4, -0.2) is 33.6 Å². The van der Waals surface area contributed by atoms with Gasteiger partial charge in [0.15, 0.2) is 5.11 Å². The number of carboxylic acids is 1. The fourth-order valence-electron chi connectivity index (χ4n) is 2.46. The Morgan fingerprint density at radius 1 is 1.32 bits per heavy atom. The highest BCUT2D eigenvalue weighted by Crippen LogP contribution is 2.20. The number of hydrogen-bond acceptors (Lipinski definition) is 4. The van der Waals surface area contributed by atoms with E-state index in [1.807, 2.05) is 0 Å². The SMILES string of the molecule is O=C(O)c1cccc(/C=N/NC(=S)NC2CCCCC2)c1O. The van der Waals surface area contributed by atoms with Gasteiger partial charge in [0.05, 0.1) is 6.21 Å². The minimum absolute atomic E-state index is 0.160. The number of rotatable bonds is 4. The quantitative estimate of drug-likeness (QED) is 0.386. The predicted molar refractivity (Wildman–Crippen MR) is 88.4 cm³/mol. The number of carbonyl (C=O) groups is 1. The lowest BCUT2D eigenvalue weighted by atomic mass is 9.96. The summed E-state index contributed by atoms with van der Waals surface area (Å²) >= 11 is 5.16. The van der Waals surface area contributed by atoms with Gasteiger partial charge in [0.1, 0.15) is 11.3 Å². The Hall–Kier alpha value is -2.15. The normalized spacial score (nSPS) is 15.6. The fourth-order valence-corrected chi connectivity index (χ4v) is 2.68. The van der Waals surface area contributed by atoms with E-state index in [1.54, 1.807) is 12.1 Å². The first-order valence-corrected chi connectivity index (χ1v) is 7.63. The molecule has 1 aromatic carbocycles. The maximum Gasteiger partial charge on any atom is 0.339 e. The van der Waals surface area contributed by atoms with Crippen molar-refractivity contribution >= 4 is 29.5 Å². The van der Waals surface area contributed by atoms with Crippen LogP contribution in [0.4, 0.5) is 0 Å². The summed E-state index contributed by atoms with van der Waals surface area (Å²) in [7, 11) is 0. The van der Waals surface area contributed by atoms with Crippen LogP contribution in [0.25, 0.3) is 0 Å². The van der Waals surface area contributed by atoms with E-state index >= 15 is 0 Å².